The second-order valence-corrected chi connectivity index (χ2v) is 3.92. The Labute approximate surface area is 88.9 Å². The van der Waals surface area contributed by atoms with Gasteiger partial charge in [0.2, 0.25) is 5.91 Å². The lowest BCUT2D eigenvalue weighted by molar-refractivity contribution is -0.130. The summed E-state index contributed by atoms with van der Waals surface area (Å²) in [6.45, 7) is 2.71. The normalized spacial score (nSPS) is 30.3. The predicted molar refractivity (Wildman–Crippen MR) is 56.1 cm³/mol. The molecule has 1 saturated heterocycles. The van der Waals surface area contributed by atoms with Gasteiger partial charge in [-0.25, -0.2) is 0 Å². The highest BCUT2D eigenvalue weighted by atomic mass is 16.2. The van der Waals surface area contributed by atoms with Crippen LogP contribution in [0.2, 0.25) is 0 Å². The van der Waals surface area contributed by atoms with E-state index in [9.17, 15) is 4.79 Å². The first-order valence-electron chi connectivity index (χ1n) is 5.17. The summed E-state index contributed by atoms with van der Waals surface area (Å²) in [6.07, 6.45) is 4.71. The Morgan fingerprint density at radius 3 is 3.07 bits per heavy atom. The quantitative estimate of drug-likeness (QED) is 0.641. The number of nitriles is 1. The summed E-state index contributed by atoms with van der Waals surface area (Å²) >= 11 is 0. The number of carbonyl (C=O) groups excluding carboxylic acids is 1. The lowest BCUT2D eigenvalue weighted by Gasteiger charge is -2.30. The first kappa shape index (κ1) is 9.91. The largest absolute Gasteiger partial charge is 0.320 e. The Morgan fingerprint density at radius 1 is 1.67 bits per heavy atom. The number of carbonyl (C=O) groups is 1. The van der Waals surface area contributed by atoms with Gasteiger partial charge in [-0.3, -0.25) is 9.79 Å². The van der Waals surface area contributed by atoms with E-state index < -0.39 is 0 Å². The molecule has 1 amide bonds. The number of likely N-dealkylation sites (tertiary alicyclic amines) is 1. The van der Waals surface area contributed by atoms with E-state index in [1.54, 1.807) is 17.2 Å². The molecule has 0 aromatic rings. The van der Waals surface area contributed by atoms with Crippen LogP contribution in [0.15, 0.2) is 16.6 Å². The highest BCUT2D eigenvalue weighted by Crippen LogP contribution is 2.26. The zero-order chi connectivity index (χ0) is 10.8. The van der Waals surface area contributed by atoms with Crippen molar-refractivity contribution in [1.82, 2.24) is 4.90 Å². The molecule has 2 heterocycles. The average Bonchev–Trinajstić information content (AvgIpc) is 2.65. The molecule has 2 aliphatic heterocycles. The fourth-order valence-electron chi connectivity index (χ4n) is 2.09. The first-order chi connectivity index (χ1) is 7.24. The van der Waals surface area contributed by atoms with Crippen molar-refractivity contribution in [2.24, 2.45) is 10.9 Å². The molecular weight excluding hydrogens is 190 g/mol. The van der Waals surface area contributed by atoms with Crippen LogP contribution in [0.1, 0.15) is 19.8 Å². The Morgan fingerprint density at radius 2 is 2.47 bits per heavy atom. The van der Waals surface area contributed by atoms with E-state index in [1.165, 1.54) is 0 Å². The van der Waals surface area contributed by atoms with Gasteiger partial charge >= 0.3 is 0 Å². The zero-order valence-electron chi connectivity index (χ0n) is 8.68. The number of nitrogens with zero attached hydrogens (tertiary/aromatic N) is 3. The van der Waals surface area contributed by atoms with Gasteiger partial charge in [0.25, 0.3) is 0 Å². The van der Waals surface area contributed by atoms with Gasteiger partial charge in [-0.2, -0.15) is 5.26 Å². The molecule has 2 unspecified atom stereocenters. The third-order valence-electron chi connectivity index (χ3n) is 2.99. The number of allylic oxidation sites excluding steroid dienone is 1. The molecule has 1 fully saturated rings. The third-order valence-corrected chi connectivity index (χ3v) is 2.99. The first-order valence-corrected chi connectivity index (χ1v) is 5.17. The van der Waals surface area contributed by atoms with Crippen molar-refractivity contribution >= 4 is 12.1 Å². The SMILES string of the molecule is CC1C(C#N)=CC=NC1N1CCCC1=O. The van der Waals surface area contributed by atoms with Crippen LogP contribution in [0.25, 0.3) is 0 Å². The molecule has 2 atom stereocenters. The second kappa shape index (κ2) is 3.85. The summed E-state index contributed by atoms with van der Waals surface area (Å²) in [5, 5.41) is 8.90. The van der Waals surface area contributed by atoms with Gasteiger partial charge in [0.1, 0.15) is 6.17 Å². The average molecular weight is 203 g/mol. The maximum Gasteiger partial charge on any atom is 0.224 e. The van der Waals surface area contributed by atoms with Crippen molar-refractivity contribution in [3.05, 3.63) is 11.6 Å². The number of aliphatic imine (C=N–C) groups is 1. The molecule has 15 heavy (non-hydrogen) atoms. The van der Waals surface area contributed by atoms with Crippen molar-refractivity contribution in [3.63, 3.8) is 0 Å². The Hall–Kier alpha value is -1.63. The topological polar surface area (TPSA) is 56.5 Å². The van der Waals surface area contributed by atoms with Gasteiger partial charge in [-0.1, -0.05) is 6.92 Å². The van der Waals surface area contributed by atoms with Crippen LogP contribution in [0.5, 0.6) is 0 Å². The molecule has 2 aliphatic rings. The minimum absolute atomic E-state index is 0.0158. The monoisotopic (exact) mass is 203 g/mol. The summed E-state index contributed by atoms with van der Waals surface area (Å²) in [6, 6.07) is 2.15. The van der Waals surface area contributed by atoms with E-state index in [0.717, 1.165) is 13.0 Å². The van der Waals surface area contributed by atoms with E-state index >= 15 is 0 Å². The second-order valence-electron chi connectivity index (χ2n) is 3.92. The lowest BCUT2D eigenvalue weighted by Crippen LogP contribution is -2.40. The smallest absolute Gasteiger partial charge is 0.224 e. The van der Waals surface area contributed by atoms with Crippen LogP contribution in [-0.2, 0) is 4.79 Å². The van der Waals surface area contributed by atoms with E-state index in [2.05, 4.69) is 11.1 Å². The molecule has 0 bridgehead atoms. The summed E-state index contributed by atoms with van der Waals surface area (Å²) < 4.78 is 0. The highest BCUT2D eigenvalue weighted by Gasteiger charge is 2.33. The standard InChI is InChI=1S/C11H13N3O/c1-8-9(7-12)4-5-13-11(8)14-6-2-3-10(14)15/h4-5,8,11H,2-3,6H2,1H3. The van der Waals surface area contributed by atoms with Crippen LogP contribution < -0.4 is 0 Å². The van der Waals surface area contributed by atoms with Crippen molar-refractivity contribution < 1.29 is 4.79 Å². The summed E-state index contributed by atoms with van der Waals surface area (Å²) in [7, 11) is 0. The molecule has 0 N–H and O–H groups in total. The van der Waals surface area contributed by atoms with Gasteiger partial charge in [0.05, 0.1) is 6.07 Å². The maximum absolute atomic E-state index is 11.6. The Bertz CT molecular complexity index is 378. The molecule has 0 radical (unpaired) electrons. The number of dihydropyridines is 1. The molecule has 78 valence electrons. The van der Waals surface area contributed by atoms with E-state index in [0.29, 0.717) is 12.0 Å². The fourth-order valence-corrected chi connectivity index (χ4v) is 2.09. The molecule has 0 aromatic heterocycles. The summed E-state index contributed by atoms with van der Waals surface area (Å²) in [5.74, 6) is 0.172. The Kier molecular flexibility index (Phi) is 2.55. The molecule has 2 rings (SSSR count). The fraction of sp³-hybridized carbons (Fsp3) is 0.545. The van der Waals surface area contributed by atoms with Crippen LogP contribution in [0, 0.1) is 17.2 Å². The minimum Gasteiger partial charge on any atom is -0.320 e. The molecule has 0 aromatic carbocycles. The van der Waals surface area contributed by atoms with E-state index in [1.807, 2.05) is 6.92 Å². The zero-order valence-corrected chi connectivity index (χ0v) is 8.68. The van der Waals surface area contributed by atoms with Gasteiger partial charge in [0.15, 0.2) is 0 Å². The van der Waals surface area contributed by atoms with E-state index in [4.69, 9.17) is 5.26 Å². The van der Waals surface area contributed by atoms with Gasteiger partial charge in [-0.05, 0) is 12.5 Å². The molecular formula is C11H13N3O. The van der Waals surface area contributed by atoms with Gasteiger partial charge in [-0.15, -0.1) is 0 Å². The van der Waals surface area contributed by atoms with Gasteiger partial charge in [0, 0.05) is 30.7 Å². The molecule has 0 spiro atoms. The minimum atomic E-state index is -0.167. The molecule has 0 saturated carbocycles. The van der Waals surface area contributed by atoms with Gasteiger partial charge < -0.3 is 4.90 Å². The molecule has 4 nitrogen and oxygen atoms in total. The number of amides is 1. The van der Waals surface area contributed by atoms with Crippen molar-refractivity contribution in [2.75, 3.05) is 6.54 Å². The van der Waals surface area contributed by atoms with Crippen molar-refractivity contribution in [1.29, 1.82) is 5.26 Å². The maximum atomic E-state index is 11.6. The lowest BCUT2D eigenvalue weighted by atomic mass is 9.96. The van der Waals surface area contributed by atoms with E-state index in [-0.39, 0.29) is 18.0 Å². The Balaban J connectivity index is 2.19. The molecule has 4 heteroatoms. The number of hydrogen-bond donors (Lipinski definition) is 0. The summed E-state index contributed by atoms with van der Waals surface area (Å²) in [5.41, 5.74) is 0.703. The highest BCUT2D eigenvalue weighted by molar-refractivity contribution is 5.80. The van der Waals surface area contributed by atoms with Crippen molar-refractivity contribution in [3.8, 4) is 6.07 Å². The molecule has 0 aliphatic carbocycles. The third kappa shape index (κ3) is 1.65. The van der Waals surface area contributed by atoms with Crippen LogP contribution in [-0.4, -0.2) is 29.7 Å². The number of hydrogen-bond acceptors (Lipinski definition) is 3. The van der Waals surface area contributed by atoms with Crippen molar-refractivity contribution in [2.45, 2.75) is 25.9 Å². The van der Waals surface area contributed by atoms with Crippen LogP contribution in [0.4, 0.5) is 0 Å². The number of rotatable bonds is 1. The summed E-state index contributed by atoms with van der Waals surface area (Å²) in [4.78, 5) is 17.6. The predicted octanol–water partition coefficient (Wildman–Crippen LogP) is 1.11. The van der Waals surface area contributed by atoms with Crippen LogP contribution >= 0.6 is 0 Å². The van der Waals surface area contributed by atoms with Crippen LogP contribution in [0.3, 0.4) is 0 Å².